The maximum Gasteiger partial charge on any atom is 0.166 e. The van der Waals surface area contributed by atoms with E-state index in [1.807, 2.05) is 13.0 Å². The number of hydrazine groups is 1. The number of fused-ring (bicyclic) bond motifs is 1. The van der Waals surface area contributed by atoms with Crippen LogP contribution in [-0.4, -0.2) is 9.97 Å². The van der Waals surface area contributed by atoms with Gasteiger partial charge in [-0.15, -0.1) is 11.3 Å². The van der Waals surface area contributed by atoms with Crippen LogP contribution in [0.5, 0.6) is 0 Å². The lowest BCUT2D eigenvalue weighted by molar-refractivity contribution is 0.535. The van der Waals surface area contributed by atoms with Crippen molar-refractivity contribution < 1.29 is 4.42 Å². The van der Waals surface area contributed by atoms with Crippen LogP contribution in [0.15, 0.2) is 16.7 Å². The summed E-state index contributed by atoms with van der Waals surface area (Å²) in [6.45, 7) is 6.02. The lowest BCUT2D eigenvalue weighted by atomic mass is 10.2. The standard InChI is InChI=1S/C13H14N4OS/c1-6-8(3)19-13-10(6)12(17-14)15-11(16-13)9-4-5-18-7(9)2/h4-5H,14H2,1-3H3,(H,15,16,17). The molecule has 3 heterocycles. The molecule has 0 aromatic carbocycles. The van der Waals surface area contributed by atoms with Gasteiger partial charge in [-0.05, 0) is 32.4 Å². The van der Waals surface area contributed by atoms with Gasteiger partial charge in [0.05, 0.1) is 17.2 Å². The number of nitrogens with two attached hydrogens (primary N) is 1. The molecule has 0 aliphatic heterocycles. The second kappa shape index (κ2) is 4.32. The summed E-state index contributed by atoms with van der Waals surface area (Å²) in [6, 6.07) is 1.87. The molecule has 0 saturated heterocycles. The van der Waals surface area contributed by atoms with Gasteiger partial charge in [0.25, 0.3) is 0 Å². The average Bonchev–Trinajstić information content (AvgIpc) is 2.93. The Labute approximate surface area is 114 Å². The van der Waals surface area contributed by atoms with Gasteiger partial charge in [-0.25, -0.2) is 15.8 Å². The number of aromatic nitrogens is 2. The van der Waals surface area contributed by atoms with E-state index in [0.717, 1.165) is 21.5 Å². The maximum absolute atomic E-state index is 5.60. The Hall–Kier alpha value is -1.92. The quantitative estimate of drug-likeness (QED) is 0.554. The van der Waals surface area contributed by atoms with Crippen molar-refractivity contribution in [2.24, 2.45) is 5.84 Å². The number of aryl methyl sites for hydroxylation is 3. The first-order chi connectivity index (χ1) is 9.11. The molecule has 0 spiro atoms. The van der Waals surface area contributed by atoms with E-state index in [-0.39, 0.29) is 0 Å². The van der Waals surface area contributed by atoms with Crippen molar-refractivity contribution in [2.45, 2.75) is 20.8 Å². The van der Waals surface area contributed by atoms with Crippen molar-refractivity contribution in [1.82, 2.24) is 9.97 Å². The fourth-order valence-corrected chi connectivity index (χ4v) is 3.12. The van der Waals surface area contributed by atoms with Crippen molar-refractivity contribution in [3.05, 3.63) is 28.5 Å². The molecule has 3 rings (SSSR count). The zero-order chi connectivity index (χ0) is 13.6. The predicted molar refractivity (Wildman–Crippen MR) is 77.1 cm³/mol. The van der Waals surface area contributed by atoms with Gasteiger partial charge in [-0.1, -0.05) is 0 Å². The number of thiophene rings is 1. The summed E-state index contributed by atoms with van der Waals surface area (Å²) >= 11 is 1.65. The number of anilines is 1. The van der Waals surface area contributed by atoms with Crippen LogP contribution in [0.3, 0.4) is 0 Å². The molecule has 5 nitrogen and oxygen atoms in total. The number of hydrogen-bond donors (Lipinski definition) is 2. The summed E-state index contributed by atoms with van der Waals surface area (Å²) in [5.41, 5.74) is 4.73. The highest BCUT2D eigenvalue weighted by Gasteiger charge is 2.16. The van der Waals surface area contributed by atoms with E-state index in [1.54, 1.807) is 17.6 Å². The van der Waals surface area contributed by atoms with E-state index in [2.05, 4.69) is 29.2 Å². The number of nitrogens with one attached hydrogen (secondary N) is 1. The Bertz CT molecular complexity index is 759. The van der Waals surface area contributed by atoms with Crippen LogP contribution < -0.4 is 11.3 Å². The van der Waals surface area contributed by atoms with E-state index >= 15 is 0 Å². The molecule has 0 aliphatic rings. The molecule has 0 amide bonds. The minimum atomic E-state index is 0.632. The second-order valence-corrected chi connectivity index (χ2v) is 5.60. The zero-order valence-electron chi connectivity index (χ0n) is 10.9. The minimum absolute atomic E-state index is 0.632. The van der Waals surface area contributed by atoms with Crippen LogP contribution in [0.25, 0.3) is 21.6 Å². The molecule has 0 radical (unpaired) electrons. The molecule has 6 heteroatoms. The summed E-state index contributed by atoms with van der Waals surface area (Å²) in [4.78, 5) is 11.3. The topological polar surface area (TPSA) is 77.0 Å². The van der Waals surface area contributed by atoms with Gasteiger partial charge in [0.2, 0.25) is 0 Å². The third kappa shape index (κ3) is 1.80. The Morgan fingerprint density at radius 3 is 2.68 bits per heavy atom. The first-order valence-electron chi connectivity index (χ1n) is 5.90. The van der Waals surface area contributed by atoms with E-state index < -0.39 is 0 Å². The van der Waals surface area contributed by atoms with Crippen LogP contribution in [0.2, 0.25) is 0 Å². The van der Waals surface area contributed by atoms with E-state index in [0.29, 0.717) is 11.6 Å². The highest BCUT2D eigenvalue weighted by molar-refractivity contribution is 7.18. The van der Waals surface area contributed by atoms with Crippen molar-refractivity contribution in [2.75, 3.05) is 5.43 Å². The summed E-state index contributed by atoms with van der Waals surface area (Å²) in [6.07, 6.45) is 1.64. The summed E-state index contributed by atoms with van der Waals surface area (Å²) in [7, 11) is 0. The highest BCUT2D eigenvalue weighted by Crippen LogP contribution is 2.35. The van der Waals surface area contributed by atoms with Gasteiger partial charge < -0.3 is 9.84 Å². The third-order valence-electron chi connectivity index (χ3n) is 3.27. The molecule has 0 atom stereocenters. The van der Waals surface area contributed by atoms with Gasteiger partial charge in [-0.2, -0.15) is 0 Å². The SMILES string of the molecule is Cc1occc1-c1nc(NN)c2c(C)c(C)sc2n1. The lowest BCUT2D eigenvalue weighted by Crippen LogP contribution is -2.10. The molecule has 98 valence electrons. The number of hydrogen-bond acceptors (Lipinski definition) is 6. The third-order valence-corrected chi connectivity index (χ3v) is 4.37. The first kappa shape index (κ1) is 12.1. The molecule has 0 aliphatic carbocycles. The smallest absolute Gasteiger partial charge is 0.166 e. The van der Waals surface area contributed by atoms with Crippen LogP contribution in [-0.2, 0) is 0 Å². The Kier molecular flexibility index (Phi) is 2.76. The second-order valence-electron chi connectivity index (χ2n) is 4.39. The van der Waals surface area contributed by atoms with E-state index in [1.165, 1.54) is 10.4 Å². The molecule has 0 saturated carbocycles. The number of furan rings is 1. The van der Waals surface area contributed by atoms with Gasteiger partial charge in [-0.3, -0.25) is 0 Å². The van der Waals surface area contributed by atoms with Gasteiger partial charge >= 0.3 is 0 Å². The molecular weight excluding hydrogens is 260 g/mol. The number of rotatable bonds is 2. The van der Waals surface area contributed by atoms with Gasteiger partial charge in [0.15, 0.2) is 11.6 Å². The molecule has 0 bridgehead atoms. The van der Waals surface area contributed by atoms with E-state index in [4.69, 9.17) is 10.3 Å². The number of nitrogen functional groups attached to an aromatic ring is 1. The summed E-state index contributed by atoms with van der Waals surface area (Å²) in [5.74, 6) is 7.68. The fraction of sp³-hybridized carbons (Fsp3) is 0.231. The summed E-state index contributed by atoms with van der Waals surface area (Å²) in [5, 5.41) is 0.995. The normalized spacial score (nSPS) is 11.2. The minimum Gasteiger partial charge on any atom is -0.469 e. The lowest BCUT2D eigenvalue weighted by Gasteiger charge is -2.05. The predicted octanol–water partition coefficient (Wildman–Crippen LogP) is 3.16. The van der Waals surface area contributed by atoms with Gasteiger partial charge in [0, 0.05) is 4.88 Å². The highest BCUT2D eigenvalue weighted by atomic mass is 32.1. The fourth-order valence-electron chi connectivity index (χ4n) is 2.09. The van der Waals surface area contributed by atoms with Crippen LogP contribution in [0.1, 0.15) is 16.2 Å². The molecule has 3 aromatic rings. The van der Waals surface area contributed by atoms with Crippen LogP contribution >= 0.6 is 11.3 Å². The molecular formula is C13H14N4OS. The first-order valence-corrected chi connectivity index (χ1v) is 6.72. The van der Waals surface area contributed by atoms with E-state index in [9.17, 15) is 0 Å². The van der Waals surface area contributed by atoms with Crippen molar-refractivity contribution in [1.29, 1.82) is 0 Å². The molecule has 19 heavy (non-hydrogen) atoms. The molecule has 0 fully saturated rings. The van der Waals surface area contributed by atoms with Crippen molar-refractivity contribution >= 4 is 27.4 Å². The zero-order valence-corrected chi connectivity index (χ0v) is 11.8. The average molecular weight is 274 g/mol. The maximum atomic E-state index is 5.60. The Morgan fingerprint density at radius 1 is 1.26 bits per heavy atom. The van der Waals surface area contributed by atoms with Gasteiger partial charge in [0.1, 0.15) is 10.6 Å². The monoisotopic (exact) mass is 274 g/mol. The molecule has 0 unspecified atom stereocenters. The molecule has 3 N–H and O–H groups in total. The Balaban J connectivity index is 2.32. The van der Waals surface area contributed by atoms with Crippen molar-refractivity contribution in [3.8, 4) is 11.4 Å². The van der Waals surface area contributed by atoms with Crippen molar-refractivity contribution in [3.63, 3.8) is 0 Å². The van der Waals surface area contributed by atoms with Crippen LogP contribution in [0, 0.1) is 20.8 Å². The number of nitrogens with zero attached hydrogens (tertiary/aromatic N) is 2. The molecule has 3 aromatic heterocycles. The summed E-state index contributed by atoms with van der Waals surface area (Å²) < 4.78 is 5.31. The Morgan fingerprint density at radius 2 is 2.05 bits per heavy atom. The van der Waals surface area contributed by atoms with Crippen LogP contribution in [0.4, 0.5) is 5.82 Å². The largest absolute Gasteiger partial charge is 0.469 e.